The molecule has 2 N–H and O–H groups in total. The Labute approximate surface area is 122 Å². The van der Waals surface area contributed by atoms with E-state index in [0.717, 1.165) is 4.57 Å². The van der Waals surface area contributed by atoms with E-state index >= 15 is 0 Å². The van der Waals surface area contributed by atoms with E-state index in [9.17, 15) is 18.4 Å². The zero-order chi connectivity index (χ0) is 15.7. The van der Waals surface area contributed by atoms with Crippen LogP contribution in [0, 0.1) is 0 Å². The van der Waals surface area contributed by atoms with E-state index in [0.29, 0.717) is 16.6 Å². The average molecular weight is 304 g/mol. The highest BCUT2D eigenvalue weighted by Crippen LogP contribution is 2.28. The fraction of sp³-hybridized carbons (Fsp3) is 0.0714. The van der Waals surface area contributed by atoms with Crippen molar-refractivity contribution in [1.29, 1.82) is 0 Å². The molecule has 0 unspecified atom stereocenters. The molecule has 3 rings (SSSR count). The van der Waals surface area contributed by atoms with Gasteiger partial charge in [0.2, 0.25) is 0 Å². The number of H-pyrrole nitrogens is 1. The number of aromatic nitrogens is 3. The van der Waals surface area contributed by atoms with E-state index in [4.69, 9.17) is 0 Å². The molecule has 0 spiro atoms. The zero-order valence-corrected chi connectivity index (χ0v) is 11.1. The summed E-state index contributed by atoms with van der Waals surface area (Å²) in [6, 6.07) is 8.65. The number of halogens is 2. The van der Waals surface area contributed by atoms with Crippen molar-refractivity contribution in [3.05, 3.63) is 58.6 Å². The summed E-state index contributed by atoms with van der Waals surface area (Å²) >= 11 is 0. The van der Waals surface area contributed by atoms with Crippen molar-refractivity contribution in [2.75, 3.05) is 5.32 Å². The van der Waals surface area contributed by atoms with Crippen molar-refractivity contribution in [3.63, 3.8) is 0 Å². The number of carbonyl (C=O) groups excluding carboxylic acids is 1. The summed E-state index contributed by atoms with van der Waals surface area (Å²) < 4.78 is 26.5. The normalized spacial score (nSPS) is 11.0. The number of hydrogen-bond donors (Lipinski definition) is 2. The molecule has 0 fully saturated rings. The van der Waals surface area contributed by atoms with Crippen molar-refractivity contribution >= 4 is 22.5 Å². The number of nitrogens with one attached hydrogen (secondary N) is 2. The molecule has 0 aliphatic carbocycles. The van der Waals surface area contributed by atoms with E-state index in [2.05, 4.69) is 15.5 Å². The SMILES string of the molecule is O=C(Nc1cccc2c1ccn2C(F)F)c1ccc(=O)[nH]n1. The molecule has 0 atom stereocenters. The number of aromatic amines is 1. The molecule has 3 aromatic rings. The van der Waals surface area contributed by atoms with Gasteiger partial charge in [-0.1, -0.05) is 6.07 Å². The fourth-order valence-electron chi connectivity index (χ4n) is 2.12. The summed E-state index contributed by atoms with van der Waals surface area (Å²) in [6.07, 6.45) is 1.25. The number of benzene rings is 1. The lowest BCUT2D eigenvalue weighted by atomic mass is 10.2. The van der Waals surface area contributed by atoms with E-state index < -0.39 is 18.0 Å². The maximum absolute atomic E-state index is 12.9. The van der Waals surface area contributed by atoms with Crippen LogP contribution in [0.4, 0.5) is 14.5 Å². The van der Waals surface area contributed by atoms with Crippen LogP contribution in [-0.4, -0.2) is 20.7 Å². The molecular weight excluding hydrogens is 294 g/mol. The molecule has 8 heteroatoms. The van der Waals surface area contributed by atoms with Gasteiger partial charge >= 0.3 is 6.55 Å². The maximum Gasteiger partial charge on any atom is 0.319 e. The lowest BCUT2D eigenvalue weighted by Gasteiger charge is -2.07. The van der Waals surface area contributed by atoms with Crippen molar-refractivity contribution in [2.24, 2.45) is 0 Å². The van der Waals surface area contributed by atoms with Gasteiger partial charge in [-0.05, 0) is 24.3 Å². The quantitative estimate of drug-likeness (QED) is 0.779. The van der Waals surface area contributed by atoms with Gasteiger partial charge in [0.25, 0.3) is 11.5 Å². The molecular formula is C14H10F2N4O2. The van der Waals surface area contributed by atoms with Crippen LogP contribution in [0.3, 0.4) is 0 Å². The number of hydrogen-bond acceptors (Lipinski definition) is 3. The van der Waals surface area contributed by atoms with Crippen LogP contribution in [0.1, 0.15) is 17.0 Å². The number of amides is 1. The third kappa shape index (κ3) is 2.46. The van der Waals surface area contributed by atoms with Gasteiger partial charge in [0.1, 0.15) is 5.69 Å². The molecule has 0 bridgehead atoms. The van der Waals surface area contributed by atoms with Gasteiger partial charge in [0, 0.05) is 17.6 Å². The number of alkyl halides is 2. The second kappa shape index (κ2) is 5.40. The number of anilines is 1. The van der Waals surface area contributed by atoms with Crippen molar-refractivity contribution in [1.82, 2.24) is 14.8 Å². The van der Waals surface area contributed by atoms with Gasteiger partial charge in [-0.25, -0.2) is 5.10 Å². The molecule has 0 aliphatic rings. The minimum atomic E-state index is -2.66. The van der Waals surface area contributed by atoms with Crippen LogP contribution >= 0.6 is 0 Å². The smallest absolute Gasteiger partial charge is 0.319 e. The lowest BCUT2D eigenvalue weighted by Crippen LogP contribution is -2.17. The van der Waals surface area contributed by atoms with Crippen molar-refractivity contribution in [3.8, 4) is 0 Å². The van der Waals surface area contributed by atoms with E-state index in [1.54, 1.807) is 12.1 Å². The highest BCUT2D eigenvalue weighted by Gasteiger charge is 2.14. The summed E-state index contributed by atoms with van der Waals surface area (Å²) in [6.45, 7) is -2.66. The first-order valence-corrected chi connectivity index (χ1v) is 6.31. The predicted octanol–water partition coefficient (Wildman–Crippen LogP) is 2.37. The largest absolute Gasteiger partial charge is 0.320 e. The van der Waals surface area contributed by atoms with Gasteiger partial charge in [0.05, 0.1) is 11.2 Å². The monoisotopic (exact) mass is 304 g/mol. The van der Waals surface area contributed by atoms with Crippen LogP contribution in [0.5, 0.6) is 0 Å². The Kier molecular flexibility index (Phi) is 3.42. The standard InChI is InChI=1S/C14H10F2N4O2/c15-14(16)20-7-6-8-9(2-1-3-11(8)20)17-13(22)10-4-5-12(21)19-18-10/h1-7,14H,(H,17,22)(H,19,21). The number of carbonyl (C=O) groups is 1. The molecule has 0 aliphatic heterocycles. The first-order valence-electron chi connectivity index (χ1n) is 6.31. The fourth-order valence-corrected chi connectivity index (χ4v) is 2.12. The van der Waals surface area contributed by atoms with Gasteiger partial charge in [-0.2, -0.15) is 13.9 Å². The summed E-state index contributed by atoms with van der Waals surface area (Å²) in [5, 5.41) is 8.84. The summed E-state index contributed by atoms with van der Waals surface area (Å²) in [5.41, 5.74) is 0.287. The van der Waals surface area contributed by atoms with Crippen molar-refractivity contribution in [2.45, 2.75) is 6.55 Å². The molecule has 0 radical (unpaired) electrons. The molecule has 6 nitrogen and oxygen atoms in total. The summed E-state index contributed by atoms with van der Waals surface area (Å²) in [5.74, 6) is -0.548. The molecule has 0 saturated heterocycles. The van der Waals surface area contributed by atoms with Gasteiger partial charge in [0.15, 0.2) is 0 Å². The Morgan fingerprint density at radius 3 is 2.73 bits per heavy atom. The molecule has 1 amide bonds. The molecule has 2 aromatic heterocycles. The molecule has 1 aromatic carbocycles. The van der Waals surface area contributed by atoms with Crippen LogP contribution in [0.25, 0.3) is 10.9 Å². The predicted molar refractivity (Wildman–Crippen MR) is 76.0 cm³/mol. The first kappa shape index (κ1) is 13.9. The van der Waals surface area contributed by atoms with Gasteiger partial charge in [-0.3, -0.25) is 14.2 Å². The maximum atomic E-state index is 12.9. The minimum Gasteiger partial charge on any atom is -0.320 e. The number of nitrogens with zero attached hydrogens (tertiary/aromatic N) is 2. The summed E-state index contributed by atoms with van der Waals surface area (Å²) in [4.78, 5) is 23.0. The molecule has 2 heterocycles. The van der Waals surface area contributed by atoms with Gasteiger partial charge in [-0.15, -0.1) is 0 Å². The minimum absolute atomic E-state index is 0.0184. The van der Waals surface area contributed by atoms with Crippen molar-refractivity contribution < 1.29 is 13.6 Å². The van der Waals surface area contributed by atoms with Crippen LogP contribution < -0.4 is 10.9 Å². The Hall–Kier alpha value is -3.03. The van der Waals surface area contributed by atoms with Crippen LogP contribution in [0.15, 0.2) is 47.4 Å². The van der Waals surface area contributed by atoms with E-state index in [1.807, 2.05) is 0 Å². The van der Waals surface area contributed by atoms with Crippen LogP contribution in [0.2, 0.25) is 0 Å². The second-order valence-electron chi connectivity index (χ2n) is 4.50. The van der Waals surface area contributed by atoms with Gasteiger partial charge < -0.3 is 5.32 Å². The Morgan fingerprint density at radius 1 is 1.23 bits per heavy atom. The Balaban J connectivity index is 1.95. The second-order valence-corrected chi connectivity index (χ2v) is 4.50. The summed E-state index contributed by atoms with van der Waals surface area (Å²) in [7, 11) is 0. The third-order valence-corrected chi connectivity index (χ3v) is 3.13. The molecule has 0 saturated carbocycles. The molecule has 22 heavy (non-hydrogen) atoms. The zero-order valence-electron chi connectivity index (χ0n) is 11.1. The average Bonchev–Trinajstić information content (AvgIpc) is 2.93. The first-order chi connectivity index (χ1) is 10.6. The topological polar surface area (TPSA) is 79.8 Å². The highest BCUT2D eigenvalue weighted by molar-refractivity contribution is 6.07. The number of rotatable bonds is 3. The Bertz CT molecular complexity index is 881. The highest BCUT2D eigenvalue weighted by atomic mass is 19.3. The third-order valence-electron chi connectivity index (χ3n) is 3.13. The van der Waals surface area contributed by atoms with Crippen LogP contribution in [-0.2, 0) is 0 Å². The van der Waals surface area contributed by atoms with E-state index in [1.165, 1.54) is 30.5 Å². The van der Waals surface area contributed by atoms with E-state index in [-0.39, 0.29) is 5.69 Å². The number of fused-ring (bicyclic) bond motifs is 1. The molecule has 112 valence electrons. The Morgan fingerprint density at radius 2 is 2.05 bits per heavy atom. The lowest BCUT2D eigenvalue weighted by molar-refractivity contribution is 0.0752.